The molecule has 0 aromatic carbocycles. The molecule has 0 saturated heterocycles. The summed E-state index contributed by atoms with van der Waals surface area (Å²) in [5.74, 6) is -1.27. The van der Waals surface area contributed by atoms with Crippen LogP contribution in [-0.4, -0.2) is 43.5 Å². The first kappa shape index (κ1) is 26.4. The number of carbonyl (C=O) groups is 1. The Morgan fingerprint density at radius 2 is 2.03 bits per heavy atom. The summed E-state index contributed by atoms with van der Waals surface area (Å²) < 4.78 is 72.3. The van der Waals surface area contributed by atoms with Gasteiger partial charge < -0.3 is 13.9 Å². The second kappa shape index (κ2) is 9.64. The summed E-state index contributed by atoms with van der Waals surface area (Å²) in [6.07, 6.45) is 1.80. The molecule has 1 aliphatic heterocycles. The molecular weight excluding hydrogens is 628 g/mol. The molecule has 0 aliphatic carbocycles. The third kappa shape index (κ3) is 5.84. The van der Waals surface area contributed by atoms with Gasteiger partial charge in [0, 0.05) is 20.4 Å². The molecule has 190 valence electrons. The number of nitrogens with one attached hydrogen (secondary N) is 1. The lowest BCUT2D eigenvalue weighted by Gasteiger charge is -2.19. The number of thiophene rings is 1. The Balaban J connectivity index is 1.70. The Morgan fingerprint density at radius 3 is 2.69 bits per heavy atom. The molecule has 11 nitrogen and oxygen atoms in total. The maximum atomic E-state index is 12.0. The van der Waals surface area contributed by atoms with E-state index in [0.717, 1.165) is 16.5 Å². The predicted molar refractivity (Wildman–Crippen MR) is 136 cm³/mol. The van der Waals surface area contributed by atoms with Crippen LogP contribution in [0.4, 0.5) is 5.69 Å². The topological polar surface area (TPSA) is 142 Å². The van der Waals surface area contributed by atoms with Crippen LogP contribution in [0.2, 0.25) is 4.34 Å². The molecule has 17 heteroatoms. The van der Waals surface area contributed by atoms with Crippen LogP contribution >= 0.6 is 50.2 Å². The molecule has 0 bridgehead atoms. The van der Waals surface area contributed by atoms with Crippen LogP contribution in [0.15, 0.2) is 22.6 Å². The summed E-state index contributed by atoms with van der Waals surface area (Å²) >= 11 is 12.2. The van der Waals surface area contributed by atoms with Crippen molar-refractivity contribution in [3.05, 3.63) is 32.0 Å². The van der Waals surface area contributed by atoms with E-state index in [2.05, 4.69) is 15.9 Å². The number of amides is 1. The fourth-order valence-corrected chi connectivity index (χ4v) is 8.16. The van der Waals surface area contributed by atoms with Crippen LogP contribution in [0.3, 0.4) is 0 Å². The van der Waals surface area contributed by atoms with Gasteiger partial charge in [-0.05, 0) is 28.1 Å². The number of ether oxygens (including phenoxy) is 1. The molecule has 0 atom stereocenters. The largest absolute Gasteiger partial charge is 0.747 e. The van der Waals surface area contributed by atoms with Gasteiger partial charge in [0.1, 0.15) is 30.7 Å². The average Bonchev–Trinajstić information content (AvgIpc) is 3.38. The number of anilines is 1. The Hall–Kier alpha value is -1.69. The lowest BCUT2D eigenvalue weighted by molar-refractivity contribution is -0.666. The van der Waals surface area contributed by atoms with Crippen molar-refractivity contribution in [2.45, 2.75) is 19.9 Å². The maximum absolute atomic E-state index is 12.0. The quantitative estimate of drug-likeness (QED) is 0.291. The van der Waals surface area contributed by atoms with Gasteiger partial charge in [0.15, 0.2) is 6.54 Å². The zero-order valence-corrected chi connectivity index (χ0v) is 23.8. The summed E-state index contributed by atoms with van der Waals surface area (Å²) in [6.45, 7) is 1.39. The van der Waals surface area contributed by atoms with Gasteiger partial charge in [0.2, 0.25) is 27.7 Å². The summed E-state index contributed by atoms with van der Waals surface area (Å²) in [6, 6.07) is 3.43. The second-order valence-corrected chi connectivity index (χ2v) is 14.3. The molecule has 0 unspecified atom stereocenters. The van der Waals surface area contributed by atoms with Crippen molar-refractivity contribution in [3.63, 3.8) is 0 Å². The Morgan fingerprint density at radius 1 is 1.31 bits per heavy atom. The number of thiazole rings is 1. The Bertz CT molecular complexity index is 1570. The van der Waals surface area contributed by atoms with E-state index in [-0.39, 0.29) is 24.6 Å². The minimum absolute atomic E-state index is 0.136. The van der Waals surface area contributed by atoms with Crippen molar-refractivity contribution in [2.75, 3.05) is 16.5 Å². The van der Waals surface area contributed by atoms with Crippen LogP contribution < -0.4 is 18.9 Å². The van der Waals surface area contributed by atoms with Gasteiger partial charge in [-0.15, -0.1) is 0 Å². The van der Waals surface area contributed by atoms with E-state index in [4.69, 9.17) is 16.3 Å². The summed E-state index contributed by atoms with van der Waals surface area (Å²) in [5.41, 5.74) is 0.416. The molecule has 1 aliphatic rings. The fourth-order valence-electron chi connectivity index (χ4n) is 3.50. The van der Waals surface area contributed by atoms with E-state index in [1.54, 1.807) is 29.8 Å². The van der Waals surface area contributed by atoms with Gasteiger partial charge in [0.05, 0.1) is 16.4 Å². The maximum Gasteiger partial charge on any atom is 0.281 e. The average molecular weight is 646 g/mol. The number of sulfonamides is 1. The lowest BCUT2D eigenvalue weighted by atomic mass is 10.4. The van der Waals surface area contributed by atoms with Crippen molar-refractivity contribution < 1.29 is 35.5 Å². The number of rotatable bonds is 8. The highest BCUT2D eigenvalue weighted by molar-refractivity contribution is 9.10. The van der Waals surface area contributed by atoms with E-state index >= 15 is 0 Å². The van der Waals surface area contributed by atoms with Crippen LogP contribution in [0.1, 0.15) is 18.4 Å². The Labute approximate surface area is 222 Å². The first-order valence-corrected chi connectivity index (χ1v) is 15.9. The van der Waals surface area contributed by atoms with Crippen molar-refractivity contribution in [2.24, 2.45) is 7.05 Å². The molecular formula is C18H18BrClN4O7S4. The third-order valence-electron chi connectivity index (χ3n) is 4.86. The third-order valence-corrected chi connectivity index (χ3v) is 10.1. The van der Waals surface area contributed by atoms with E-state index in [0.29, 0.717) is 25.5 Å². The van der Waals surface area contributed by atoms with Crippen LogP contribution in [0, 0.1) is 0 Å². The number of hydrogen-bond acceptors (Lipinski definition) is 10. The number of halogens is 2. The number of aryl methyl sites for hydroxylation is 1. The van der Waals surface area contributed by atoms with E-state index < -0.39 is 31.9 Å². The van der Waals surface area contributed by atoms with Gasteiger partial charge in [-0.25, -0.2) is 16.8 Å². The zero-order chi connectivity index (χ0) is 25.7. The normalized spacial score (nSPS) is 15.1. The number of aromatic nitrogens is 2. The first-order chi connectivity index (χ1) is 16.2. The standard InChI is InChI=1S/C18H18BrClN4O7S4/c1-10(25)21-34(26,27)5-3-4-23-16(32-12-7-14(20)33-18(12)23)8-15-24(9-35(28,29)30)11-6-13(19)22(2)17(11)31-15/h6-8H,3-5,9H2,1-2H3,(H-,21,25,28,29,30). The van der Waals surface area contributed by atoms with E-state index in [1.807, 2.05) is 9.29 Å². The highest BCUT2D eigenvalue weighted by atomic mass is 79.9. The summed E-state index contributed by atoms with van der Waals surface area (Å²) in [4.78, 5) is 13.2. The molecule has 3 aromatic rings. The van der Waals surface area contributed by atoms with Crippen molar-refractivity contribution >= 4 is 97.5 Å². The molecule has 1 amide bonds. The smallest absolute Gasteiger partial charge is 0.281 e. The van der Waals surface area contributed by atoms with Crippen LogP contribution in [0.5, 0.6) is 5.88 Å². The molecule has 1 N–H and O–H groups in total. The monoisotopic (exact) mass is 644 g/mol. The van der Waals surface area contributed by atoms with Crippen LogP contribution in [-0.2, 0) is 38.5 Å². The van der Waals surface area contributed by atoms with Gasteiger partial charge in [0.25, 0.3) is 9.84 Å². The molecule has 35 heavy (non-hydrogen) atoms. The van der Waals surface area contributed by atoms with Crippen molar-refractivity contribution in [1.29, 1.82) is 0 Å². The second-order valence-electron chi connectivity index (χ2n) is 7.56. The van der Waals surface area contributed by atoms with Gasteiger partial charge in [-0.2, -0.15) is 4.57 Å². The molecule has 4 rings (SSSR count). The number of nitrogens with zero attached hydrogens (tertiary/aromatic N) is 3. The van der Waals surface area contributed by atoms with Crippen molar-refractivity contribution in [3.8, 4) is 5.88 Å². The van der Waals surface area contributed by atoms with Gasteiger partial charge in [-0.3, -0.25) is 14.4 Å². The van der Waals surface area contributed by atoms with E-state index in [1.165, 1.54) is 27.6 Å². The number of hydrogen-bond donors (Lipinski definition) is 1. The molecule has 0 radical (unpaired) electrons. The zero-order valence-electron chi connectivity index (χ0n) is 18.1. The SMILES string of the molecule is CC(=O)NS(=O)(=O)CCC[n+]1c(C=C2Oc3c(cc(Br)n3C)N2CS(=O)(=O)[O-])sc2cc(Cl)sc21. The van der Waals surface area contributed by atoms with E-state index in [9.17, 15) is 26.2 Å². The highest BCUT2D eigenvalue weighted by Crippen LogP contribution is 2.44. The highest BCUT2D eigenvalue weighted by Gasteiger charge is 2.34. The number of fused-ring (bicyclic) bond motifs is 2. The number of carbonyl (C=O) groups excluding carboxylic acids is 1. The minimum atomic E-state index is -4.64. The fraction of sp³-hybridized carbons (Fsp3) is 0.333. The van der Waals surface area contributed by atoms with Crippen LogP contribution in [0.25, 0.3) is 15.6 Å². The molecule has 4 heterocycles. The molecule has 0 saturated carbocycles. The lowest BCUT2D eigenvalue weighted by Crippen LogP contribution is -2.37. The summed E-state index contributed by atoms with van der Waals surface area (Å²) in [5, 5.41) is 0.634. The molecule has 0 spiro atoms. The van der Waals surface area contributed by atoms with Gasteiger partial charge in [-0.1, -0.05) is 34.3 Å². The summed E-state index contributed by atoms with van der Waals surface area (Å²) in [7, 11) is -6.69. The minimum Gasteiger partial charge on any atom is -0.747 e. The van der Waals surface area contributed by atoms with Gasteiger partial charge >= 0.3 is 0 Å². The molecule has 0 fully saturated rings. The van der Waals surface area contributed by atoms with Crippen molar-refractivity contribution in [1.82, 2.24) is 9.29 Å². The predicted octanol–water partition coefficient (Wildman–Crippen LogP) is 2.56. The molecule has 3 aromatic heterocycles. The Kier molecular flexibility index (Phi) is 7.27. The first-order valence-electron chi connectivity index (χ1n) is 9.83.